The molecule has 1 aliphatic rings. The molecule has 0 aliphatic heterocycles. The van der Waals surface area contributed by atoms with Crippen LogP contribution >= 0.6 is 0 Å². The fourth-order valence-corrected chi connectivity index (χ4v) is 4.28. The maximum Gasteiger partial charge on any atom is 0.227 e. The zero-order chi connectivity index (χ0) is 24.1. The lowest BCUT2D eigenvalue weighted by molar-refractivity contribution is -0.121. The SMILES string of the molecule is CC(=O)NC1(c2noc(CCC(=O)Nc3ccc(F)c(-n4nnnc4C)c3)n2)CCCCCC1. The number of aromatic nitrogens is 6. The van der Waals surface area contributed by atoms with Crippen LogP contribution in [0.25, 0.3) is 5.69 Å². The highest BCUT2D eigenvalue weighted by molar-refractivity contribution is 5.91. The van der Waals surface area contributed by atoms with E-state index in [1.54, 1.807) is 6.92 Å². The number of tetrazole rings is 1. The van der Waals surface area contributed by atoms with Gasteiger partial charge in [0.1, 0.15) is 17.0 Å². The number of anilines is 1. The largest absolute Gasteiger partial charge is 0.343 e. The normalized spacial score (nSPS) is 15.5. The van der Waals surface area contributed by atoms with E-state index in [0.717, 1.165) is 38.5 Å². The van der Waals surface area contributed by atoms with E-state index in [0.29, 0.717) is 23.2 Å². The molecule has 0 atom stereocenters. The van der Waals surface area contributed by atoms with Crippen molar-refractivity contribution in [2.24, 2.45) is 0 Å². The molecule has 0 radical (unpaired) electrons. The Morgan fingerprint density at radius 1 is 1.21 bits per heavy atom. The van der Waals surface area contributed by atoms with Gasteiger partial charge in [0.15, 0.2) is 11.6 Å². The van der Waals surface area contributed by atoms with Gasteiger partial charge >= 0.3 is 0 Å². The maximum atomic E-state index is 14.2. The molecule has 2 aromatic heterocycles. The minimum Gasteiger partial charge on any atom is -0.343 e. The number of nitrogens with one attached hydrogen (secondary N) is 2. The van der Waals surface area contributed by atoms with E-state index in [4.69, 9.17) is 4.52 Å². The van der Waals surface area contributed by atoms with Crippen molar-refractivity contribution >= 4 is 17.5 Å². The molecule has 2 heterocycles. The summed E-state index contributed by atoms with van der Waals surface area (Å²) in [5.74, 6) is 0.252. The van der Waals surface area contributed by atoms with Crippen LogP contribution in [0.3, 0.4) is 0 Å². The van der Waals surface area contributed by atoms with Crippen molar-refractivity contribution in [3.05, 3.63) is 41.6 Å². The van der Waals surface area contributed by atoms with Crippen molar-refractivity contribution in [2.45, 2.75) is 70.8 Å². The monoisotopic (exact) mass is 470 g/mol. The molecule has 1 fully saturated rings. The fourth-order valence-electron chi connectivity index (χ4n) is 4.28. The van der Waals surface area contributed by atoms with Crippen LogP contribution in [0.1, 0.15) is 69.4 Å². The second-order valence-corrected chi connectivity index (χ2v) is 8.54. The zero-order valence-corrected chi connectivity index (χ0v) is 19.2. The second kappa shape index (κ2) is 10.1. The molecule has 0 bridgehead atoms. The number of benzene rings is 1. The van der Waals surface area contributed by atoms with Crippen LogP contribution in [0, 0.1) is 12.7 Å². The molecular formula is C22H27FN8O3. The van der Waals surface area contributed by atoms with Gasteiger partial charge in [0.25, 0.3) is 0 Å². The smallest absolute Gasteiger partial charge is 0.227 e. The first kappa shape index (κ1) is 23.5. The molecule has 2 N–H and O–H groups in total. The first-order valence-corrected chi connectivity index (χ1v) is 11.3. The van der Waals surface area contributed by atoms with Crippen LogP contribution in [-0.4, -0.2) is 42.2 Å². The molecular weight excluding hydrogens is 443 g/mol. The molecule has 34 heavy (non-hydrogen) atoms. The van der Waals surface area contributed by atoms with Crippen molar-refractivity contribution in [3.8, 4) is 5.69 Å². The third-order valence-corrected chi connectivity index (χ3v) is 5.92. The Bertz CT molecular complexity index is 1170. The minimum absolute atomic E-state index is 0.0887. The van der Waals surface area contributed by atoms with Gasteiger partial charge in [-0.2, -0.15) is 9.67 Å². The van der Waals surface area contributed by atoms with E-state index in [1.807, 2.05) is 0 Å². The second-order valence-electron chi connectivity index (χ2n) is 8.54. The third-order valence-electron chi connectivity index (χ3n) is 5.92. The van der Waals surface area contributed by atoms with E-state index in [9.17, 15) is 14.0 Å². The van der Waals surface area contributed by atoms with Crippen LogP contribution in [0.4, 0.5) is 10.1 Å². The Kier molecular flexibility index (Phi) is 6.94. The molecule has 0 saturated heterocycles. The molecule has 0 spiro atoms. The molecule has 1 saturated carbocycles. The average molecular weight is 471 g/mol. The lowest BCUT2D eigenvalue weighted by Gasteiger charge is -2.30. The molecule has 1 aromatic carbocycles. The fraction of sp³-hybridized carbons (Fsp3) is 0.500. The number of aryl methyl sites for hydroxylation is 2. The number of carbonyl (C=O) groups is 2. The number of rotatable bonds is 7. The van der Waals surface area contributed by atoms with Crippen molar-refractivity contribution in [1.29, 1.82) is 0 Å². The molecule has 11 nitrogen and oxygen atoms in total. The minimum atomic E-state index is -0.634. The molecule has 12 heteroatoms. The van der Waals surface area contributed by atoms with E-state index in [-0.39, 0.29) is 30.3 Å². The first-order valence-electron chi connectivity index (χ1n) is 11.3. The summed E-state index contributed by atoms with van der Waals surface area (Å²) in [6.07, 6.45) is 5.96. The number of nitrogens with zero attached hydrogens (tertiary/aromatic N) is 6. The van der Waals surface area contributed by atoms with Gasteiger partial charge in [-0.3, -0.25) is 9.59 Å². The maximum absolute atomic E-state index is 14.2. The first-order chi connectivity index (χ1) is 16.4. The Balaban J connectivity index is 1.40. The summed E-state index contributed by atoms with van der Waals surface area (Å²) in [5.41, 5.74) is -0.0929. The predicted molar refractivity (Wildman–Crippen MR) is 118 cm³/mol. The summed E-state index contributed by atoms with van der Waals surface area (Å²) < 4.78 is 20.9. The highest BCUT2D eigenvalue weighted by Crippen LogP contribution is 2.34. The number of hydrogen-bond acceptors (Lipinski definition) is 8. The lowest BCUT2D eigenvalue weighted by Crippen LogP contribution is -2.45. The summed E-state index contributed by atoms with van der Waals surface area (Å²) in [6, 6.07) is 4.17. The van der Waals surface area contributed by atoms with Crippen LogP contribution in [0.5, 0.6) is 0 Å². The van der Waals surface area contributed by atoms with Gasteiger partial charge in [0, 0.05) is 25.5 Å². The highest BCUT2D eigenvalue weighted by Gasteiger charge is 2.38. The molecule has 0 unspecified atom stereocenters. The predicted octanol–water partition coefficient (Wildman–Crippen LogP) is 2.75. The summed E-state index contributed by atoms with van der Waals surface area (Å²) in [7, 11) is 0. The third kappa shape index (κ3) is 5.26. The average Bonchev–Trinajstić information content (AvgIpc) is 3.38. The Labute approximate surface area is 195 Å². The van der Waals surface area contributed by atoms with Crippen LogP contribution in [0.2, 0.25) is 0 Å². The molecule has 4 rings (SSSR count). The van der Waals surface area contributed by atoms with Crippen molar-refractivity contribution in [3.63, 3.8) is 0 Å². The Morgan fingerprint density at radius 3 is 2.65 bits per heavy atom. The van der Waals surface area contributed by atoms with Gasteiger partial charge in [0.05, 0.1) is 0 Å². The summed E-state index contributed by atoms with van der Waals surface area (Å²) >= 11 is 0. The number of carbonyl (C=O) groups excluding carboxylic acids is 2. The topological polar surface area (TPSA) is 141 Å². The van der Waals surface area contributed by atoms with E-state index in [2.05, 4.69) is 36.3 Å². The van der Waals surface area contributed by atoms with Crippen molar-refractivity contribution in [2.75, 3.05) is 5.32 Å². The van der Waals surface area contributed by atoms with Gasteiger partial charge < -0.3 is 15.2 Å². The molecule has 2 amide bonds. The van der Waals surface area contributed by atoms with Crippen molar-refractivity contribution < 1.29 is 18.5 Å². The van der Waals surface area contributed by atoms with Crippen molar-refractivity contribution in [1.82, 2.24) is 35.7 Å². The molecule has 1 aliphatic carbocycles. The van der Waals surface area contributed by atoms with Crippen LogP contribution < -0.4 is 10.6 Å². The van der Waals surface area contributed by atoms with Gasteiger partial charge in [-0.15, -0.1) is 5.10 Å². The lowest BCUT2D eigenvalue weighted by atomic mass is 9.89. The van der Waals surface area contributed by atoms with E-state index in [1.165, 1.54) is 29.8 Å². The summed E-state index contributed by atoms with van der Waals surface area (Å²) in [5, 5.41) is 20.9. The standard InChI is InChI=1S/C22H27FN8O3/c1-14-27-29-30-31(14)18-13-16(7-8-17(18)23)24-19(33)9-10-20-25-21(28-34-20)22(26-15(2)32)11-5-3-4-6-12-22/h7-8,13H,3-6,9-12H2,1-2H3,(H,24,33)(H,26,32). The summed E-state index contributed by atoms with van der Waals surface area (Å²) in [6.45, 7) is 3.13. The van der Waals surface area contributed by atoms with Gasteiger partial charge in [-0.1, -0.05) is 30.8 Å². The van der Waals surface area contributed by atoms with E-state index >= 15 is 0 Å². The van der Waals surface area contributed by atoms with Gasteiger partial charge in [-0.25, -0.2) is 4.39 Å². The number of hydrogen-bond donors (Lipinski definition) is 2. The van der Waals surface area contributed by atoms with Crippen LogP contribution in [-0.2, 0) is 21.5 Å². The van der Waals surface area contributed by atoms with Gasteiger partial charge in [0.2, 0.25) is 17.7 Å². The quantitative estimate of drug-likeness (QED) is 0.502. The number of amides is 2. The zero-order valence-electron chi connectivity index (χ0n) is 19.2. The molecule has 3 aromatic rings. The molecule has 180 valence electrons. The Morgan fingerprint density at radius 2 is 1.97 bits per heavy atom. The van der Waals surface area contributed by atoms with E-state index < -0.39 is 11.4 Å². The Hall–Kier alpha value is -3.70. The highest BCUT2D eigenvalue weighted by atomic mass is 19.1. The van der Waals surface area contributed by atoms with Gasteiger partial charge in [-0.05, 0) is 48.4 Å². The number of halogens is 1. The van der Waals surface area contributed by atoms with Crippen LogP contribution in [0.15, 0.2) is 22.7 Å². The summed E-state index contributed by atoms with van der Waals surface area (Å²) in [4.78, 5) is 28.9.